The first kappa shape index (κ1) is 31.2. The van der Waals surface area contributed by atoms with E-state index in [-0.39, 0.29) is 11.7 Å². The molecule has 3 amide bonds. The number of aryl methyl sites for hydroxylation is 4. The van der Waals surface area contributed by atoms with E-state index in [0.29, 0.717) is 5.69 Å². The maximum atomic E-state index is 14.2. The topological polar surface area (TPSA) is 87.7 Å². The Morgan fingerprint density at radius 1 is 0.868 bits per heavy atom. The van der Waals surface area contributed by atoms with Crippen molar-refractivity contribution in [1.82, 2.24) is 10.2 Å². The van der Waals surface area contributed by atoms with Crippen LogP contribution in [0, 0.1) is 27.7 Å². The molecule has 0 spiro atoms. The predicted molar refractivity (Wildman–Crippen MR) is 157 cm³/mol. The van der Waals surface area contributed by atoms with Gasteiger partial charge in [-0.05, 0) is 97.1 Å². The van der Waals surface area contributed by atoms with Crippen LogP contribution < -0.4 is 10.6 Å². The van der Waals surface area contributed by atoms with Crippen molar-refractivity contribution in [1.29, 1.82) is 0 Å². The molecule has 2 N–H and O–H groups in total. The van der Waals surface area contributed by atoms with Crippen molar-refractivity contribution in [3.8, 4) is 0 Å². The highest BCUT2D eigenvalue weighted by Gasteiger charge is 2.42. The Labute approximate surface area is 233 Å². The van der Waals surface area contributed by atoms with Gasteiger partial charge in [-0.3, -0.25) is 9.59 Å². The lowest BCUT2D eigenvalue weighted by atomic mass is 9.90. The van der Waals surface area contributed by atoms with Crippen LogP contribution in [-0.2, 0) is 14.3 Å². The molecule has 0 saturated heterocycles. The van der Waals surface area contributed by atoms with Crippen molar-refractivity contribution in [3.63, 3.8) is 0 Å². The Morgan fingerprint density at radius 2 is 1.34 bits per heavy atom. The number of carbonyl (C=O) groups excluding carboxylic acids is 3. The van der Waals surface area contributed by atoms with Gasteiger partial charge in [-0.15, -0.1) is 0 Å². The lowest BCUT2D eigenvalue weighted by Crippen LogP contribution is -2.58. The largest absolute Gasteiger partial charge is 0.444 e. The van der Waals surface area contributed by atoms with E-state index in [2.05, 4.69) is 23.3 Å². The zero-order valence-electron chi connectivity index (χ0n) is 24.4. The molecule has 2 atom stereocenters. The number of anilines is 1. The number of hydrogen-bond donors (Lipinski definition) is 3. The van der Waals surface area contributed by atoms with Crippen LogP contribution >= 0.6 is 12.6 Å². The third kappa shape index (κ3) is 7.76. The fraction of sp³-hybridized carbons (Fsp3) is 0.500. The van der Waals surface area contributed by atoms with Crippen molar-refractivity contribution in [2.45, 2.75) is 92.5 Å². The summed E-state index contributed by atoms with van der Waals surface area (Å²) in [4.78, 5) is 42.5. The predicted octanol–water partition coefficient (Wildman–Crippen LogP) is 6.05. The van der Waals surface area contributed by atoms with Crippen molar-refractivity contribution < 1.29 is 19.1 Å². The molecule has 8 heteroatoms. The van der Waals surface area contributed by atoms with Gasteiger partial charge in [-0.1, -0.05) is 36.4 Å². The highest BCUT2D eigenvalue weighted by atomic mass is 32.1. The van der Waals surface area contributed by atoms with Gasteiger partial charge in [0.05, 0.1) is 0 Å². The first-order valence-electron chi connectivity index (χ1n) is 12.8. The number of para-hydroxylation sites is 1. The van der Waals surface area contributed by atoms with Gasteiger partial charge in [0, 0.05) is 17.0 Å². The van der Waals surface area contributed by atoms with Gasteiger partial charge in [0.1, 0.15) is 17.7 Å². The molecule has 2 aromatic carbocycles. The summed E-state index contributed by atoms with van der Waals surface area (Å²) in [5.41, 5.74) is 3.56. The summed E-state index contributed by atoms with van der Waals surface area (Å²) in [5.74, 6) is -0.733. The molecule has 0 radical (unpaired) electrons. The summed E-state index contributed by atoms with van der Waals surface area (Å²) in [7, 11) is 0. The average Bonchev–Trinajstić information content (AvgIpc) is 2.76. The molecule has 0 bridgehead atoms. The second-order valence-corrected chi connectivity index (χ2v) is 12.1. The van der Waals surface area contributed by atoms with Crippen molar-refractivity contribution in [3.05, 3.63) is 64.2 Å². The molecule has 0 heterocycles. The molecular formula is C30H43N3O4S. The van der Waals surface area contributed by atoms with E-state index in [9.17, 15) is 14.4 Å². The van der Waals surface area contributed by atoms with Crippen molar-refractivity contribution >= 4 is 36.2 Å². The van der Waals surface area contributed by atoms with Crippen LogP contribution in [0.1, 0.15) is 75.4 Å². The van der Waals surface area contributed by atoms with Crippen LogP contribution in [0.2, 0.25) is 0 Å². The quantitative estimate of drug-likeness (QED) is 0.373. The summed E-state index contributed by atoms with van der Waals surface area (Å²) in [6.07, 6.45) is -0.720. The third-order valence-corrected chi connectivity index (χ3v) is 6.55. The molecule has 0 aliphatic heterocycles. The van der Waals surface area contributed by atoms with Gasteiger partial charge < -0.3 is 20.3 Å². The molecule has 38 heavy (non-hydrogen) atoms. The smallest absolute Gasteiger partial charge is 0.408 e. The lowest BCUT2D eigenvalue weighted by Gasteiger charge is -2.43. The number of alkyl carbamates (subject to hydrolysis) is 1. The molecule has 2 unspecified atom stereocenters. The summed E-state index contributed by atoms with van der Waals surface area (Å²) in [5, 5.41) is 5.76. The van der Waals surface area contributed by atoms with Gasteiger partial charge >= 0.3 is 6.09 Å². The average molecular weight is 542 g/mol. The number of carbonyl (C=O) groups is 3. The number of rotatable bonds is 7. The first-order valence-corrected chi connectivity index (χ1v) is 13.5. The van der Waals surface area contributed by atoms with Crippen molar-refractivity contribution in [2.75, 3.05) is 11.1 Å². The summed E-state index contributed by atoms with van der Waals surface area (Å²) < 4.78 is 5.39. The van der Waals surface area contributed by atoms with E-state index in [1.54, 1.807) is 25.7 Å². The van der Waals surface area contributed by atoms with E-state index < -0.39 is 35.2 Å². The second kappa shape index (κ2) is 12.2. The molecule has 208 valence electrons. The number of benzene rings is 2. The van der Waals surface area contributed by atoms with Crippen LogP contribution in [0.3, 0.4) is 0 Å². The summed E-state index contributed by atoms with van der Waals surface area (Å²) in [6.45, 7) is 18.6. The fourth-order valence-corrected chi connectivity index (χ4v) is 4.74. The van der Waals surface area contributed by atoms with Gasteiger partial charge in [0.2, 0.25) is 5.91 Å². The summed E-state index contributed by atoms with van der Waals surface area (Å²) >= 11 is 4.37. The minimum atomic E-state index is -1.01. The minimum absolute atomic E-state index is 0.0304. The highest BCUT2D eigenvalue weighted by molar-refractivity contribution is 7.80. The number of amides is 3. The Balaban J connectivity index is 2.65. The van der Waals surface area contributed by atoms with Crippen LogP contribution in [0.4, 0.5) is 10.5 Å². The molecule has 2 rings (SSSR count). The van der Waals surface area contributed by atoms with E-state index in [4.69, 9.17) is 4.74 Å². The Morgan fingerprint density at radius 3 is 1.76 bits per heavy atom. The Kier molecular flexibility index (Phi) is 10.1. The second-order valence-electron chi connectivity index (χ2n) is 11.7. The standard InChI is InChI=1S/C30H43N3O4S/c1-18-13-11-14-19(2)23(18)25(26(34)32-24-20(3)15-12-16-21(24)4)33(29(5,6)7)27(35)22(17-38)31-28(36)37-30(8,9)10/h11-16,22,25,38H,17H2,1-10H3,(H,31,36)(H,32,34). The summed E-state index contributed by atoms with van der Waals surface area (Å²) in [6, 6.07) is 9.63. The number of thiol groups is 1. The molecule has 0 saturated carbocycles. The molecule has 0 aliphatic rings. The number of hydrogen-bond acceptors (Lipinski definition) is 5. The zero-order valence-corrected chi connectivity index (χ0v) is 25.2. The number of ether oxygens (including phenoxy) is 1. The van der Waals surface area contributed by atoms with Gasteiger partial charge in [-0.2, -0.15) is 12.6 Å². The number of nitrogens with zero attached hydrogens (tertiary/aromatic N) is 1. The maximum Gasteiger partial charge on any atom is 0.408 e. The molecule has 0 aromatic heterocycles. The lowest BCUT2D eigenvalue weighted by molar-refractivity contribution is -0.146. The number of nitrogens with one attached hydrogen (secondary N) is 2. The van der Waals surface area contributed by atoms with Gasteiger partial charge in [0.25, 0.3) is 5.91 Å². The van der Waals surface area contributed by atoms with Crippen LogP contribution in [-0.4, -0.2) is 45.7 Å². The van der Waals surface area contributed by atoms with Crippen LogP contribution in [0.5, 0.6) is 0 Å². The highest BCUT2D eigenvalue weighted by Crippen LogP contribution is 2.35. The van der Waals surface area contributed by atoms with Crippen molar-refractivity contribution in [2.24, 2.45) is 0 Å². The monoisotopic (exact) mass is 541 g/mol. The molecular weight excluding hydrogens is 498 g/mol. The van der Waals surface area contributed by atoms with E-state index in [1.165, 1.54) is 0 Å². The van der Waals surface area contributed by atoms with Crippen LogP contribution in [0.25, 0.3) is 0 Å². The maximum absolute atomic E-state index is 14.2. The molecule has 7 nitrogen and oxygen atoms in total. The first-order chi connectivity index (χ1) is 17.5. The zero-order chi connectivity index (χ0) is 29.0. The SMILES string of the molecule is Cc1cccc(C)c1NC(=O)C(c1c(C)cccc1C)N(C(=O)C(CS)NC(=O)OC(C)(C)C)C(C)(C)C. The Bertz CT molecular complexity index is 1140. The van der Waals surface area contributed by atoms with Gasteiger partial charge in [0.15, 0.2) is 0 Å². The molecule has 2 aromatic rings. The minimum Gasteiger partial charge on any atom is -0.444 e. The van der Waals surface area contributed by atoms with Gasteiger partial charge in [-0.25, -0.2) is 4.79 Å². The fourth-order valence-electron chi connectivity index (χ4n) is 4.49. The normalized spacial score (nSPS) is 13.3. The van der Waals surface area contributed by atoms with E-state index in [0.717, 1.165) is 27.8 Å². The molecule has 0 aliphatic carbocycles. The van der Waals surface area contributed by atoms with E-state index >= 15 is 0 Å². The Hall–Kier alpha value is -3.00. The molecule has 0 fully saturated rings. The van der Waals surface area contributed by atoms with Crippen LogP contribution in [0.15, 0.2) is 36.4 Å². The van der Waals surface area contributed by atoms with E-state index in [1.807, 2.05) is 84.9 Å². The third-order valence-electron chi connectivity index (χ3n) is 6.18.